The molecule has 2 atom stereocenters. The highest BCUT2D eigenvalue weighted by Gasteiger charge is 2.27. The van der Waals surface area contributed by atoms with Crippen LogP contribution in [0.15, 0.2) is 0 Å². The maximum absolute atomic E-state index is 12.0. The topological polar surface area (TPSA) is 90.0 Å². The summed E-state index contributed by atoms with van der Waals surface area (Å²) < 4.78 is 0. The van der Waals surface area contributed by atoms with Gasteiger partial charge in [0.25, 0.3) is 0 Å². The number of carbonyl (C=O) groups is 3. The van der Waals surface area contributed by atoms with Gasteiger partial charge in [-0.1, -0.05) is 20.3 Å². The zero-order valence-electron chi connectivity index (χ0n) is 12.8. The number of carbonyl (C=O) groups excluding carboxylic acids is 2. The van der Waals surface area contributed by atoms with Crippen molar-refractivity contribution in [1.82, 2.24) is 15.1 Å². The molecular formula is C13H25N3O4. The lowest BCUT2D eigenvalue weighted by molar-refractivity contribution is -0.140. The minimum Gasteiger partial charge on any atom is -0.480 e. The van der Waals surface area contributed by atoms with Crippen molar-refractivity contribution in [3.63, 3.8) is 0 Å². The number of rotatable bonds is 7. The van der Waals surface area contributed by atoms with E-state index in [1.165, 1.54) is 9.80 Å². The molecule has 7 nitrogen and oxygen atoms in total. The van der Waals surface area contributed by atoms with E-state index in [1.54, 1.807) is 27.9 Å². The molecule has 0 radical (unpaired) electrons. The van der Waals surface area contributed by atoms with E-state index in [9.17, 15) is 14.4 Å². The maximum Gasteiger partial charge on any atom is 0.326 e. The van der Waals surface area contributed by atoms with Gasteiger partial charge in [-0.3, -0.25) is 4.79 Å². The van der Waals surface area contributed by atoms with Crippen LogP contribution in [0.25, 0.3) is 0 Å². The largest absolute Gasteiger partial charge is 0.480 e. The fourth-order valence-electron chi connectivity index (χ4n) is 1.54. The molecule has 0 bridgehead atoms. The van der Waals surface area contributed by atoms with Gasteiger partial charge >= 0.3 is 12.0 Å². The van der Waals surface area contributed by atoms with Crippen molar-refractivity contribution in [2.45, 2.75) is 33.2 Å². The Morgan fingerprint density at radius 1 is 1.20 bits per heavy atom. The quantitative estimate of drug-likeness (QED) is 0.717. The van der Waals surface area contributed by atoms with Gasteiger partial charge in [0.05, 0.1) is 0 Å². The highest BCUT2D eigenvalue weighted by Crippen LogP contribution is 2.08. The second kappa shape index (κ2) is 8.39. The normalized spacial score (nSPS) is 13.2. The van der Waals surface area contributed by atoms with E-state index in [1.807, 2.05) is 6.92 Å². The van der Waals surface area contributed by atoms with E-state index >= 15 is 0 Å². The summed E-state index contributed by atoms with van der Waals surface area (Å²) in [7, 11) is 3.21. The zero-order chi connectivity index (χ0) is 15.9. The predicted molar refractivity (Wildman–Crippen MR) is 75.4 cm³/mol. The van der Waals surface area contributed by atoms with Crippen molar-refractivity contribution >= 4 is 17.9 Å². The van der Waals surface area contributed by atoms with Gasteiger partial charge in [0.2, 0.25) is 5.91 Å². The average molecular weight is 287 g/mol. The van der Waals surface area contributed by atoms with Crippen molar-refractivity contribution in [1.29, 1.82) is 0 Å². The smallest absolute Gasteiger partial charge is 0.326 e. The number of likely N-dealkylation sites (N-methyl/N-ethyl adjacent to an activating group) is 2. The van der Waals surface area contributed by atoms with Crippen molar-refractivity contribution in [3.8, 4) is 0 Å². The Bertz CT molecular complexity index is 358. The van der Waals surface area contributed by atoms with Crippen LogP contribution >= 0.6 is 0 Å². The van der Waals surface area contributed by atoms with Gasteiger partial charge in [-0.05, 0) is 12.8 Å². The van der Waals surface area contributed by atoms with E-state index in [-0.39, 0.29) is 18.4 Å². The lowest BCUT2D eigenvalue weighted by Crippen LogP contribution is -2.52. The number of nitrogens with zero attached hydrogens (tertiary/aromatic N) is 2. The number of hydrogen-bond donors (Lipinski definition) is 2. The van der Waals surface area contributed by atoms with Crippen molar-refractivity contribution < 1.29 is 19.5 Å². The fraction of sp³-hybridized carbons (Fsp3) is 0.769. The van der Waals surface area contributed by atoms with Gasteiger partial charge in [-0.2, -0.15) is 0 Å². The Morgan fingerprint density at radius 3 is 2.10 bits per heavy atom. The summed E-state index contributed by atoms with van der Waals surface area (Å²) in [6, 6.07) is -1.48. The Kier molecular flexibility index (Phi) is 7.64. The van der Waals surface area contributed by atoms with Crippen LogP contribution in [0.3, 0.4) is 0 Å². The van der Waals surface area contributed by atoms with Crippen LogP contribution in [-0.2, 0) is 9.59 Å². The summed E-state index contributed by atoms with van der Waals surface area (Å²) in [5, 5.41) is 11.6. The monoisotopic (exact) mass is 287 g/mol. The predicted octanol–water partition coefficient (Wildman–Crippen LogP) is 0.605. The molecule has 0 heterocycles. The first-order chi connectivity index (χ1) is 9.24. The van der Waals surface area contributed by atoms with Gasteiger partial charge < -0.3 is 20.2 Å². The Balaban J connectivity index is 4.75. The second-order valence-corrected chi connectivity index (χ2v) is 4.95. The van der Waals surface area contributed by atoms with E-state index < -0.39 is 18.0 Å². The van der Waals surface area contributed by atoms with Gasteiger partial charge in [0, 0.05) is 20.6 Å². The fourth-order valence-corrected chi connectivity index (χ4v) is 1.54. The summed E-state index contributed by atoms with van der Waals surface area (Å²) in [6.45, 7) is 5.63. The first kappa shape index (κ1) is 18.2. The SMILES string of the molecule is CC[C@H](C)[C@H](NC(=O)N(CC)CC(=O)N(C)C)C(=O)O. The van der Waals surface area contributed by atoms with Crippen LogP contribution in [-0.4, -0.2) is 66.0 Å². The average Bonchev–Trinajstić information content (AvgIpc) is 2.39. The summed E-state index contributed by atoms with van der Waals surface area (Å²) in [6.07, 6.45) is 0.639. The third-order valence-electron chi connectivity index (χ3n) is 3.25. The summed E-state index contributed by atoms with van der Waals surface area (Å²) in [5.74, 6) is -1.46. The van der Waals surface area contributed by atoms with Gasteiger partial charge in [-0.25, -0.2) is 9.59 Å². The van der Waals surface area contributed by atoms with Crippen LogP contribution in [0.5, 0.6) is 0 Å². The van der Waals surface area contributed by atoms with E-state index in [0.29, 0.717) is 13.0 Å². The van der Waals surface area contributed by atoms with Crippen LogP contribution < -0.4 is 5.32 Å². The first-order valence-electron chi connectivity index (χ1n) is 6.72. The zero-order valence-corrected chi connectivity index (χ0v) is 12.8. The van der Waals surface area contributed by atoms with Gasteiger partial charge in [-0.15, -0.1) is 0 Å². The molecule has 0 aliphatic carbocycles. The summed E-state index contributed by atoms with van der Waals surface area (Å²) >= 11 is 0. The Morgan fingerprint density at radius 2 is 1.75 bits per heavy atom. The Labute approximate surface area is 119 Å². The van der Waals surface area contributed by atoms with E-state index in [2.05, 4.69) is 5.32 Å². The molecule has 2 N–H and O–H groups in total. The van der Waals surface area contributed by atoms with E-state index in [0.717, 1.165) is 0 Å². The number of urea groups is 1. The standard InChI is InChI=1S/C13H25N3O4/c1-6-9(3)11(12(18)19)14-13(20)16(7-2)8-10(17)15(4)5/h9,11H,6-8H2,1-5H3,(H,14,20)(H,18,19)/t9-,11-/m0/s1. The van der Waals surface area contributed by atoms with Crippen molar-refractivity contribution in [2.24, 2.45) is 5.92 Å². The molecule has 0 unspecified atom stereocenters. The van der Waals surface area contributed by atoms with Crippen LogP contribution in [0.2, 0.25) is 0 Å². The Hall–Kier alpha value is -1.79. The van der Waals surface area contributed by atoms with Crippen LogP contribution in [0, 0.1) is 5.92 Å². The first-order valence-corrected chi connectivity index (χ1v) is 6.72. The molecule has 0 aliphatic heterocycles. The minimum atomic E-state index is -1.07. The molecule has 0 spiro atoms. The number of carboxylic acid groups (broad SMARTS) is 1. The molecule has 0 aromatic heterocycles. The molecule has 0 aliphatic rings. The molecule has 3 amide bonds. The summed E-state index contributed by atoms with van der Waals surface area (Å²) in [5.41, 5.74) is 0. The molecule has 7 heteroatoms. The number of nitrogens with one attached hydrogen (secondary N) is 1. The second-order valence-electron chi connectivity index (χ2n) is 4.95. The third kappa shape index (κ3) is 5.46. The molecule has 0 rings (SSSR count). The van der Waals surface area contributed by atoms with Crippen molar-refractivity contribution in [2.75, 3.05) is 27.2 Å². The number of hydrogen-bond acceptors (Lipinski definition) is 3. The molecular weight excluding hydrogens is 262 g/mol. The lowest BCUT2D eigenvalue weighted by Gasteiger charge is -2.26. The maximum atomic E-state index is 12.0. The number of amides is 3. The highest BCUT2D eigenvalue weighted by molar-refractivity contribution is 5.86. The molecule has 0 saturated carbocycles. The molecule has 0 fully saturated rings. The van der Waals surface area contributed by atoms with Crippen LogP contribution in [0.4, 0.5) is 4.79 Å². The molecule has 20 heavy (non-hydrogen) atoms. The summed E-state index contributed by atoms with van der Waals surface area (Å²) in [4.78, 5) is 37.5. The molecule has 0 aromatic carbocycles. The van der Waals surface area contributed by atoms with Gasteiger partial charge in [0.15, 0.2) is 0 Å². The van der Waals surface area contributed by atoms with Crippen LogP contribution in [0.1, 0.15) is 27.2 Å². The molecule has 0 saturated heterocycles. The highest BCUT2D eigenvalue weighted by atomic mass is 16.4. The van der Waals surface area contributed by atoms with Crippen molar-refractivity contribution in [3.05, 3.63) is 0 Å². The number of carboxylic acids is 1. The number of aliphatic carboxylic acids is 1. The minimum absolute atomic E-state index is 0.0673. The van der Waals surface area contributed by atoms with E-state index in [4.69, 9.17) is 5.11 Å². The lowest BCUT2D eigenvalue weighted by atomic mass is 9.99. The third-order valence-corrected chi connectivity index (χ3v) is 3.25. The molecule has 0 aromatic rings. The van der Waals surface area contributed by atoms with Gasteiger partial charge in [0.1, 0.15) is 12.6 Å². The molecule has 116 valence electrons.